The lowest BCUT2D eigenvalue weighted by Crippen LogP contribution is -2.41. The van der Waals surface area contributed by atoms with Crippen molar-refractivity contribution in [2.75, 3.05) is 19.5 Å². The molecule has 0 saturated carbocycles. The predicted molar refractivity (Wildman–Crippen MR) is 47.5 cm³/mol. The molecule has 1 rings (SSSR count). The molecule has 13 heavy (non-hydrogen) atoms. The third-order valence-corrected chi connectivity index (χ3v) is 2.39. The lowest BCUT2D eigenvalue weighted by atomic mass is 10.2. The van der Waals surface area contributed by atoms with Gasteiger partial charge in [-0.1, -0.05) is 0 Å². The summed E-state index contributed by atoms with van der Waals surface area (Å²) in [4.78, 5) is 23.9. The van der Waals surface area contributed by atoms with Crippen molar-refractivity contribution in [1.82, 2.24) is 4.90 Å². The lowest BCUT2D eigenvalue weighted by molar-refractivity contribution is -0.150. The zero-order valence-electron chi connectivity index (χ0n) is 7.46. The number of halogens is 1. The SMILES string of the molecule is COC(=O)C1CCCN1C(=O)CCl. The minimum atomic E-state index is -0.420. The number of hydrogen-bond acceptors (Lipinski definition) is 3. The Bertz CT molecular complexity index is 197. The average molecular weight is 206 g/mol. The number of rotatable bonds is 2. The molecule has 0 aromatic rings. The highest BCUT2D eigenvalue weighted by Gasteiger charge is 2.34. The van der Waals surface area contributed by atoms with E-state index >= 15 is 0 Å². The van der Waals surface area contributed by atoms with Gasteiger partial charge in [0.2, 0.25) is 5.91 Å². The Morgan fingerprint density at radius 1 is 1.62 bits per heavy atom. The number of amides is 1. The van der Waals surface area contributed by atoms with Gasteiger partial charge in [-0.2, -0.15) is 0 Å². The van der Waals surface area contributed by atoms with Crippen LogP contribution in [0.1, 0.15) is 12.8 Å². The smallest absolute Gasteiger partial charge is 0.328 e. The highest BCUT2D eigenvalue weighted by atomic mass is 35.5. The number of alkyl halides is 1. The summed E-state index contributed by atoms with van der Waals surface area (Å²) < 4.78 is 4.58. The van der Waals surface area contributed by atoms with E-state index in [1.54, 1.807) is 0 Å². The molecule has 0 bridgehead atoms. The fourth-order valence-corrected chi connectivity index (χ4v) is 1.68. The molecule has 4 nitrogen and oxygen atoms in total. The fraction of sp³-hybridized carbons (Fsp3) is 0.750. The molecule has 1 saturated heterocycles. The van der Waals surface area contributed by atoms with Gasteiger partial charge in [0.05, 0.1) is 7.11 Å². The van der Waals surface area contributed by atoms with Crippen molar-refractivity contribution in [2.24, 2.45) is 0 Å². The van der Waals surface area contributed by atoms with Crippen LogP contribution in [0.3, 0.4) is 0 Å². The van der Waals surface area contributed by atoms with E-state index < -0.39 is 6.04 Å². The Balaban J connectivity index is 2.63. The van der Waals surface area contributed by atoms with Crippen LogP contribution >= 0.6 is 11.6 Å². The number of carbonyl (C=O) groups excluding carboxylic acids is 2. The minimum Gasteiger partial charge on any atom is -0.467 e. The van der Waals surface area contributed by atoms with Crippen molar-refractivity contribution in [3.8, 4) is 0 Å². The third-order valence-electron chi connectivity index (χ3n) is 2.16. The summed E-state index contributed by atoms with van der Waals surface area (Å²) in [6.07, 6.45) is 1.51. The summed E-state index contributed by atoms with van der Waals surface area (Å²) in [5.74, 6) is -0.626. The maximum absolute atomic E-state index is 11.2. The molecule has 0 aromatic carbocycles. The zero-order chi connectivity index (χ0) is 9.84. The quantitative estimate of drug-likeness (QED) is 0.484. The van der Waals surface area contributed by atoms with Crippen molar-refractivity contribution in [3.63, 3.8) is 0 Å². The number of likely N-dealkylation sites (tertiary alicyclic amines) is 1. The summed E-state index contributed by atoms with van der Waals surface area (Å²) in [5.41, 5.74) is 0. The molecule has 1 heterocycles. The Hall–Kier alpha value is -0.770. The van der Waals surface area contributed by atoms with Crippen LogP contribution in [-0.4, -0.2) is 42.4 Å². The highest BCUT2D eigenvalue weighted by molar-refractivity contribution is 6.27. The molecule has 0 spiro atoms. The van der Waals surface area contributed by atoms with E-state index in [0.29, 0.717) is 13.0 Å². The molecule has 1 aliphatic rings. The molecule has 0 N–H and O–H groups in total. The second-order valence-corrected chi connectivity index (χ2v) is 3.17. The van der Waals surface area contributed by atoms with Crippen LogP contribution < -0.4 is 0 Å². The number of hydrogen-bond donors (Lipinski definition) is 0. The van der Waals surface area contributed by atoms with Gasteiger partial charge in [0, 0.05) is 6.54 Å². The molecule has 1 aliphatic heterocycles. The van der Waals surface area contributed by atoms with Crippen molar-refractivity contribution >= 4 is 23.5 Å². The van der Waals surface area contributed by atoms with E-state index in [1.165, 1.54) is 12.0 Å². The summed E-state index contributed by atoms with van der Waals surface area (Å²) in [7, 11) is 1.32. The molecule has 74 valence electrons. The monoisotopic (exact) mass is 205 g/mol. The Labute approximate surface area is 81.8 Å². The molecular formula is C8H12ClNO3. The minimum absolute atomic E-state index is 0.0759. The first kappa shape index (κ1) is 10.3. The van der Waals surface area contributed by atoms with Crippen LogP contribution in [0.2, 0.25) is 0 Å². The van der Waals surface area contributed by atoms with E-state index in [2.05, 4.69) is 4.74 Å². The average Bonchev–Trinajstić information content (AvgIpc) is 2.63. The molecule has 5 heteroatoms. The Kier molecular flexibility index (Phi) is 3.54. The molecule has 1 fully saturated rings. The topological polar surface area (TPSA) is 46.6 Å². The third kappa shape index (κ3) is 2.12. The molecule has 1 amide bonds. The van der Waals surface area contributed by atoms with Crippen molar-refractivity contribution in [1.29, 1.82) is 0 Å². The summed E-state index contributed by atoms with van der Waals surface area (Å²) in [6.45, 7) is 0.602. The molecule has 0 radical (unpaired) electrons. The van der Waals surface area contributed by atoms with Crippen LogP contribution in [0.25, 0.3) is 0 Å². The van der Waals surface area contributed by atoms with Crippen LogP contribution in [0, 0.1) is 0 Å². The van der Waals surface area contributed by atoms with Crippen LogP contribution in [0.5, 0.6) is 0 Å². The van der Waals surface area contributed by atoms with Gasteiger partial charge in [-0.3, -0.25) is 4.79 Å². The molecule has 0 aromatic heterocycles. The number of ether oxygens (including phenoxy) is 1. The van der Waals surface area contributed by atoms with Gasteiger partial charge < -0.3 is 9.64 Å². The van der Waals surface area contributed by atoms with Crippen molar-refractivity contribution in [2.45, 2.75) is 18.9 Å². The fourth-order valence-electron chi connectivity index (χ4n) is 1.52. The van der Waals surface area contributed by atoms with E-state index in [1.807, 2.05) is 0 Å². The number of esters is 1. The maximum atomic E-state index is 11.2. The van der Waals surface area contributed by atoms with Gasteiger partial charge in [-0.25, -0.2) is 4.79 Å². The summed E-state index contributed by atoms with van der Waals surface area (Å²) >= 11 is 5.40. The van der Waals surface area contributed by atoms with Gasteiger partial charge in [0.15, 0.2) is 0 Å². The first-order valence-corrected chi connectivity index (χ1v) is 4.67. The van der Waals surface area contributed by atoms with Crippen molar-refractivity contribution in [3.05, 3.63) is 0 Å². The van der Waals surface area contributed by atoms with E-state index in [-0.39, 0.29) is 17.8 Å². The molecular weight excluding hydrogens is 194 g/mol. The van der Waals surface area contributed by atoms with Gasteiger partial charge in [-0.15, -0.1) is 11.6 Å². The number of nitrogens with zero attached hydrogens (tertiary/aromatic N) is 1. The predicted octanol–water partition coefficient (Wildman–Crippen LogP) is 0.389. The van der Waals surface area contributed by atoms with Gasteiger partial charge in [-0.05, 0) is 12.8 Å². The van der Waals surface area contributed by atoms with Crippen LogP contribution in [-0.2, 0) is 14.3 Å². The molecule has 0 aliphatic carbocycles. The van der Waals surface area contributed by atoms with E-state index in [0.717, 1.165) is 6.42 Å². The second-order valence-electron chi connectivity index (χ2n) is 2.90. The number of methoxy groups -OCH3 is 1. The molecule has 1 atom stereocenters. The lowest BCUT2D eigenvalue weighted by Gasteiger charge is -2.21. The van der Waals surface area contributed by atoms with Gasteiger partial charge in [0.1, 0.15) is 11.9 Å². The summed E-state index contributed by atoms with van der Waals surface area (Å²) in [6, 6.07) is -0.420. The standard InChI is InChI=1S/C8H12ClNO3/c1-13-8(12)6-3-2-4-10(6)7(11)5-9/h6H,2-5H2,1H3. The first-order valence-electron chi connectivity index (χ1n) is 4.14. The Morgan fingerprint density at radius 2 is 2.31 bits per heavy atom. The van der Waals surface area contributed by atoms with Crippen LogP contribution in [0.4, 0.5) is 0 Å². The largest absolute Gasteiger partial charge is 0.467 e. The van der Waals surface area contributed by atoms with Crippen molar-refractivity contribution < 1.29 is 14.3 Å². The van der Waals surface area contributed by atoms with E-state index in [4.69, 9.17) is 11.6 Å². The molecule has 1 unspecified atom stereocenters. The first-order chi connectivity index (χ1) is 6.20. The second kappa shape index (κ2) is 4.46. The van der Waals surface area contributed by atoms with Gasteiger partial charge in [0.25, 0.3) is 0 Å². The maximum Gasteiger partial charge on any atom is 0.328 e. The normalized spacial score (nSPS) is 21.7. The summed E-state index contributed by atoms with van der Waals surface area (Å²) in [5, 5.41) is 0. The van der Waals surface area contributed by atoms with Gasteiger partial charge >= 0.3 is 5.97 Å². The number of carbonyl (C=O) groups is 2. The van der Waals surface area contributed by atoms with E-state index in [9.17, 15) is 9.59 Å². The zero-order valence-corrected chi connectivity index (χ0v) is 8.21. The Morgan fingerprint density at radius 3 is 2.85 bits per heavy atom. The van der Waals surface area contributed by atoms with Crippen LogP contribution in [0.15, 0.2) is 0 Å². The highest BCUT2D eigenvalue weighted by Crippen LogP contribution is 2.18.